The molecule has 0 unspecified atom stereocenters. The Morgan fingerprint density at radius 3 is 2.58 bits per heavy atom. The molecule has 134 valence electrons. The minimum Gasteiger partial charge on any atom is -0.492 e. The fourth-order valence-corrected chi connectivity index (χ4v) is 2.19. The van der Waals surface area contributed by atoms with Gasteiger partial charge < -0.3 is 27.3 Å². The van der Waals surface area contributed by atoms with Gasteiger partial charge in [-0.2, -0.15) is 12.6 Å². The zero-order chi connectivity index (χ0) is 17.8. The van der Waals surface area contributed by atoms with Crippen LogP contribution >= 0.6 is 12.6 Å². The number of nitrogens with zero attached hydrogens (tertiary/aromatic N) is 1. The SMILES string of the molecule is NC(N)=NCCCC[C@@H](N)C(=O)NCCOc1ccc(CS)cc1. The van der Waals surface area contributed by atoms with E-state index in [1.165, 1.54) is 0 Å². The van der Waals surface area contributed by atoms with Crippen molar-refractivity contribution in [3.8, 4) is 5.75 Å². The summed E-state index contributed by atoms with van der Waals surface area (Å²) in [6.07, 6.45) is 2.18. The van der Waals surface area contributed by atoms with E-state index >= 15 is 0 Å². The minimum absolute atomic E-state index is 0.0808. The van der Waals surface area contributed by atoms with Crippen LogP contribution < -0.4 is 27.3 Å². The summed E-state index contributed by atoms with van der Waals surface area (Å²) in [6, 6.07) is 7.16. The van der Waals surface area contributed by atoms with Crippen molar-refractivity contribution in [2.75, 3.05) is 19.7 Å². The van der Waals surface area contributed by atoms with Crippen LogP contribution in [0.4, 0.5) is 0 Å². The first-order valence-electron chi connectivity index (χ1n) is 7.94. The van der Waals surface area contributed by atoms with Crippen molar-refractivity contribution in [1.29, 1.82) is 0 Å². The van der Waals surface area contributed by atoms with Crippen LogP contribution in [-0.2, 0) is 10.5 Å². The molecule has 0 fully saturated rings. The molecule has 1 amide bonds. The van der Waals surface area contributed by atoms with Crippen LogP contribution in [0.3, 0.4) is 0 Å². The fourth-order valence-electron chi connectivity index (χ4n) is 1.98. The van der Waals surface area contributed by atoms with Gasteiger partial charge in [0.05, 0.1) is 12.6 Å². The predicted molar refractivity (Wildman–Crippen MR) is 100 cm³/mol. The minimum atomic E-state index is -0.529. The molecule has 0 bridgehead atoms. The second-order valence-electron chi connectivity index (χ2n) is 5.35. The number of amides is 1. The topological polar surface area (TPSA) is 129 Å². The van der Waals surface area contributed by atoms with Gasteiger partial charge in [-0.15, -0.1) is 0 Å². The highest BCUT2D eigenvalue weighted by Crippen LogP contribution is 2.13. The van der Waals surface area contributed by atoms with Crippen LogP contribution in [-0.4, -0.2) is 37.6 Å². The number of aliphatic imine (C=N–C) groups is 1. The lowest BCUT2D eigenvalue weighted by Gasteiger charge is -2.12. The lowest BCUT2D eigenvalue weighted by atomic mass is 10.1. The molecule has 0 aliphatic rings. The zero-order valence-electron chi connectivity index (χ0n) is 13.8. The van der Waals surface area contributed by atoms with Crippen molar-refractivity contribution < 1.29 is 9.53 Å². The molecule has 0 aliphatic carbocycles. The summed E-state index contributed by atoms with van der Waals surface area (Å²) in [5.41, 5.74) is 17.4. The Balaban J connectivity index is 2.12. The number of benzene rings is 1. The Hall–Kier alpha value is -1.93. The van der Waals surface area contributed by atoms with Crippen molar-refractivity contribution in [2.45, 2.75) is 31.1 Å². The second kappa shape index (κ2) is 11.6. The second-order valence-corrected chi connectivity index (χ2v) is 5.67. The molecule has 0 heterocycles. The van der Waals surface area contributed by atoms with Gasteiger partial charge in [-0.3, -0.25) is 9.79 Å². The number of nitrogens with two attached hydrogens (primary N) is 3. The summed E-state index contributed by atoms with van der Waals surface area (Å²) in [4.78, 5) is 15.7. The van der Waals surface area contributed by atoms with Gasteiger partial charge >= 0.3 is 0 Å². The number of ether oxygens (including phenoxy) is 1. The van der Waals surface area contributed by atoms with Crippen LogP contribution in [0.2, 0.25) is 0 Å². The van der Waals surface area contributed by atoms with Crippen molar-refractivity contribution in [1.82, 2.24) is 5.32 Å². The van der Waals surface area contributed by atoms with Gasteiger partial charge in [0.2, 0.25) is 5.91 Å². The largest absolute Gasteiger partial charge is 0.492 e. The standard InChI is InChI=1S/C16H27N5O2S/c17-14(3-1-2-8-21-16(18)19)15(22)20-9-10-23-13-6-4-12(11-24)5-7-13/h4-7,14,24H,1-3,8-11,17H2,(H,20,22)(H4,18,19,21)/t14-/m1/s1. The first-order chi connectivity index (χ1) is 11.5. The molecule has 1 aromatic carbocycles. The Kier molecular flexibility index (Phi) is 9.71. The number of guanidine groups is 1. The van der Waals surface area contributed by atoms with Gasteiger partial charge in [0, 0.05) is 12.3 Å². The molecule has 0 aromatic heterocycles. The first kappa shape index (κ1) is 20.1. The Morgan fingerprint density at radius 1 is 1.25 bits per heavy atom. The maximum Gasteiger partial charge on any atom is 0.237 e. The van der Waals surface area contributed by atoms with Crippen LogP contribution in [0.5, 0.6) is 5.75 Å². The van der Waals surface area contributed by atoms with Gasteiger partial charge in [0.25, 0.3) is 0 Å². The lowest BCUT2D eigenvalue weighted by molar-refractivity contribution is -0.122. The molecule has 0 saturated heterocycles. The monoisotopic (exact) mass is 353 g/mol. The summed E-state index contributed by atoms with van der Waals surface area (Å²) < 4.78 is 5.55. The molecule has 0 spiro atoms. The molecule has 1 rings (SSSR count). The molecular weight excluding hydrogens is 326 g/mol. The van der Waals surface area contributed by atoms with E-state index in [1.807, 2.05) is 24.3 Å². The molecule has 7 N–H and O–H groups in total. The van der Waals surface area contributed by atoms with Gasteiger partial charge in [-0.1, -0.05) is 12.1 Å². The van der Waals surface area contributed by atoms with Crippen molar-refractivity contribution in [2.24, 2.45) is 22.2 Å². The number of thiol groups is 1. The summed E-state index contributed by atoms with van der Waals surface area (Å²) >= 11 is 4.20. The molecule has 8 heteroatoms. The van der Waals surface area contributed by atoms with E-state index in [-0.39, 0.29) is 11.9 Å². The first-order valence-corrected chi connectivity index (χ1v) is 8.57. The van der Waals surface area contributed by atoms with Gasteiger partial charge in [-0.25, -0.2) is 0 Å². The highest BCUT2D eigenvalue weighted by molar-refractivity contribution is 7.79. The van der Waals surface area contributed by atoms with Gasteiger partial charge in [0.15, 0.2) is 5.96 Å². The van der Waals surface area contributed by atoms with E-state index in [0.29, 0.717) is 31.9 Å². The quantitative estimate of drug-likeness (QED) is 0.170. The molecule has 0 aliphatic heterocycles. The summed E-state index contributed by atoms with van der Waals surface area (Å²) in [5, 5.41) is 2.77. The lowest BCUT2D eigenvalue weighted by Crippen LogP contribution is -2.42. The predicted octanol–water partition coefficient (Wildman–Crippen LogP) is 0.382. The van der Waals surface area contributed by atoms with Crippen molar-refractivity contribution >= 4 is 24.5 Å². The fraction of sp³-hybridized carbons (Fsp3) is 0.500. The van der Waals surface area contributed by atoms with Crippen LogP contribution in [0.25, 0.3) is 0 Å². The Bertz CT molecular complexity index is 518. The summed E-state index contributed by atoms with van der Waals surface area (Å²) in [7, 11) is 0. The molecule has 1 aromatic rings. The van der Waals surface area contributed by atoms with E-state index in [1.54, 1.807) is 0 Å². The number of unbranched alkanes of at least 4 members (excludes halogenated alkanes) is 1. The third kappa shape index (κ3) is 8.64. The van der Waals surface area contributed by atoms with E-state index in [2.05, 4.69) is 22.9 Å². The maximum atomic E-state index is 11.8. The molecule has 1 atom stereocenters. The van der Waals surface area contributed by atoms with Crippen LogP contribution in [0.1, 0.15) is 24.8 Å². The van der Waals surface area contributed by atoms with Crippen LogP contribution in [0, 0.1) is 0 Å². The number of nitrogens with one attached hydrogen (secondary N) is 1. The average molecular weight is 353 g/mol. The zero-order valence-corrected chi connectivity index (χ0v) is 14.7. The molecule has 0 radical (unpaired) electrons. The van der Waals surface area contributed by atoms with Gasteiger partial charge in [-0.05, 0) is 37.0 Å². The third-order valence-electron chi connectivity index (χ3n) is 3.33. The van der Waals surface area contributed by atoms with E-state index in [0.717, 1.165) is 24.2 Å². The smallest absolute Gasteiger partial charge is 0.237 e. The molecule has 0 saturated carbocycles. The summed E-state index contributed by atoms with van der Waals surface area (Å²) in [5.74, 6) is 1.36. The van der Waals surface area contributed by atoms with Gasteiger partial charge in [0.1, 0.15) is 12.4 Å². The Labute approximate surface area is 148 Å². The van der Waals surface area contributed by atoms with E-state index < -0.39 is 6.04 Å². The van der Waals surface area contributed by atoms with Crippen molar-refractivity contribution in [3.63, 3.8) is 0 Å². The number of carbonyl (C=O) groups excluding carboxylic acids is 1. The normalized spacial score (nSPS) is 11.6. The Morgan fingerprint density at radius 2 is 1.96 bits per heavy atom. The molecule has 24 heavy (non-hydrogen) atoms. The number of carbonyl (C=O) groups is 1. The number of hydrogen-bond acceptors (Lipinski definition) is 5. The highest BCUT2D eigenvalue weighted by atomic mass is 32.1. The molecule has 7 nitrogen and oxygen atoms in total. The molecular formula is C16H27N5O2S. The summed E-state index contributed by atoms with van der Waals surface area (Å²) in [6.45, 7) is 1.36. The third-order valence-corrected chi connectivity index (χ3v) is 3.70. The number of hydrogen-bond donors (Lipinski definition) is 5. The van der Waals surface area contributed by atoms with E-state index in [4.69, 9.17) is 21.9 Å². The maximum absolute atomic E-state index is 11.8. The van der Waals surface area contributed by atoms with E-state index in [9.17, 15) is 4.79 Å². The highest BCUT2D eigenvalue weighted by Gasteiger charge is 2.12. The van der Waals surface area contributed by atoms with Crippen molar-refractivity contribution in [3.05, 3.63) is 29.8 Å². The number of rotatable bonds is 11. The average Bonchev–Trinajstić information content (AvgIpc) is 2.58. The van der Waals surface area contributed by atoms with Crippen LogP contribution in [0.15, 0.2) is 29.3 Å².